The second-order valence-electron chi connectivity index (χ2n) is 6.29. The molecule has 0 aliphatic carbocycles. The van der Waals surface area contributed by atoms with Crippen molar-refractivity contribution in [2.75, 3.05) is 33.2 Å². The highest BCUT2D eigenvalue weighted by atomic mass is 16.2. The zero-order chi connectivity index (χ0) is 15.5. The minimum atomic E-state index is -0.0409. The third-order valence-corrected chi connectivity index (χ3v) is 4.79. The molecule has 0 bridgehead atoms. The molecular formula is C17H23N3O2. The van der Waals surface area contributed by atoms with E-state index in [1.165, 1.54) is 5.56 Å². The van der Waals surface area contributed by atoms with E-state index >= 15 is 0 Å². The van der Waals surface area contributed by atoms with Gasteiger partial charge in [-0.25, -0.2) is 4.79 Å². The molecule has 1 aromatic carbocycles. The number of nitrogens with zero attached hydrogens (tertiary/aromatic N) is 2. The normalized spacial score (nSPS) is 24.3. The van der Waals surface area contributed by atoms with Gasteiger partial charge in [0.1, 0.15) is 0 Å². The molecule has 1 N–H and O–H groups in total. The molecule has 0 unspecified atom stereocenters. The lowest BCUT2D eigenvalue weighted by Crippen LogP contribution is -2.43. The summed E-state index contributed by atoms with van der Waals surface area (Å²) in [6, 6.07) is 10.1. The van der Waals surface area contributed by atoms with Gasteiger partial charge in [0.2, 0.25) is 5.91 Å². The van der Waals surface area contributed by atoms with Gasteiger partial charge in [0.15, 0.2) is 0 Å². The lowest BCUT2D eigenvalue weighted by atomic mass is 9.88. The molecule has 2 atom stereocenters. The Labute approximate surface area is 131 Å². The SMILES string of the molecule is CN1CC[C@@H]2CN(C(=O)NCCc3ccccc3)C[C@@H]2C1=O. The van der Waals surface area contributed by atoms with Gasteiger partial charge < -0.3 is 15.1 Å². The molecule has 2 heterocycles. The first-order valence-corrected chi connectivity index (χ1v) is 7.97. The molecule has 0 radical (unpaired) electrons. The number of benzene rings is 1. The molecule has 3 rings (SSSR count). The average Bonchev–Trinajstić information content (AvgIpc) is 2.97. The topological polar surface area (TPSA) is 52.6 Å². The molecule has 2 aliphatic heterocycles. The number of carbonyl (C=O) groups excluding carboxylic acids is 2. The van der Waals surface area contributed by atoms with Crippen LogP contribution >= 0.6 is 0 Å². The van der Waals surface area contributed by atoms with Crippen molar-refractivity contribution < 1.29 is 9.59 Å². The number of hydrogen-bond acceptors (Lipinski definition) is 2. The predicted molar refractivity (Wildman–Crippen MR) is 84.4 cm³/mol. The number of amides is 3. The monoisotopic (exact) mass is 301 g/mol. The number of piperidine rings is 1. The van der Waals surface area contributed by atoms with Crippen molar-refractivity contribution in [3.8, 4) is 0 Å². The Hall–Kier alpha value is -2.04. The van der Waals surface area contributed by atoms with Crippen LogP contribution in [0.3, 0.4) is 0 Å². The highest BCUT2D eigenvalue weighted by molar-refractivity contribution is 5.82. The van der Waals surface area contributed by atoms with E-state index in [0.717, 1.165) is 19.4 Å². The maximum absolute atomic E-state index is 12.3. The standard InChI is InChI=1S/C17H23N3O2/c1-19-10-8-14-11-20(12-15(14)16(19)21)17(22)18-9-7-13-5-3-2-4-6-13/h2-6,14-15H,7-12H2,1H3,(H,18,22)/t14-,15+/m1/s1. The van der Waals surface area contributed by atoms with Crippen LogP contribution in [0.1, 0.15) is 12.0 Å². The van der Waals surface area contributed by atoms with E-state index in [9.17, 15) is 9.59 Å². The van der Waals surface area contributed by atoms with E-state index < -0.39 is 0 Å². The number of hydrogen-bond donors (Lipinski definition) is 1. The van der Waals surface area contributed by atoms with Crippen LogP contribution in [0.25, 0.3) is 0 Å². The number of nitrogens with one attached hydrogen (secondary N) is 1. The molecular weight excluding hydrogens is 278 g/mol. The minimum Gasteiger partial charge on any atom is -0.345 e. The van der Waals surface area contributed by atoms with Crippen molar-refractivity contribution in [1.29, 1.82) is 0 Å². The fourth-order valence-corrected chi connectivity index (χ4v) is 3.43. The van der Waals surface area contributed by atoms with Crippen molar-refractivity contribution in [2.24, 2.45) is 11.8 Å². The Kier molecular flexibility index (Phi) is 4.32. The van der Waals surface area contributed by atoms with E-state index in [4.69, 9.17) is 0 Å². The maximum atomic E-state index is 12.3. The second-order valence-corrected chi connectivity index (χ2v) is 6.29. The summed E-state index contributed by atoms with van der Waals surface area (Å²) < 4.78 is 0. The largest absolute Gasteiger partial charge is 0.345 e. The van der Waals surface area contributed by atoms with Gasteiger partial charge in [0.05, 0.1) is 5.92 Å². The summed E-state index contributed by atoms with van der Waals surface area (Å²) in [7, 11) is 1.85. The van der Waals surface area contributed by atoms with Gasteiger partial charge in [-0.3, -0.25) is 4.79 Å². The Morgan fingerprint density at radius 2 is 2.05 bits per heavy atom. The van der Waals surface area contributed by atoms with Crippen molar-refractivity contribution in [2.45, 2.75) is 12.8 Å². The average molecular weight is 301 g/mol. The highest BCUT2D eigenvalue weighted by Gasteiger charge is 2.43. The van der Waals surface area contributed by atoms with Gasteiger partial charge in [-0.15, -0.1) is 0 Å². The van der Waals surface area contributed by atoms with Crippen LogP contribution < -0.4 is 5.32 Å². The molecule has 2 saturated heterocycles. The molecule has 118 valence electrons. The fraction of sp³-hybridized carbons (Fsp3) is 0.529. The van der Waals surface area contributed by atoms with Gasteiger partial charge in [-0.05, 0) is 24.3 Å². The van der Waals surface area contributed by atoms with Gasteiger partial charge in [-0.1, -0.05) is 30.3 Å². The number of fused-ring (bicyclic) bond motifs is 1. The van der Waals surface area contributed by atoms with Crippen LogP contribution in [-0.4, -0.2) is 55.0 Å². The summed E-state index contributed by atoms with van der Waals surface area (Å²) in [6.07, 6.45) is 1.83. The maximum Gasteiger partial charge on any atom is 0.317 e. The van der Waals surface area contributed by atoms with E-state index in [0.29, 0.717) is 25.6 Å². The molecule has 2 aliphatic rings. The van der Waals surface area contributed by atoms with Crippen molar-refractivity contribution in [3.63, 3.8) is 0 Å². The van der Waals surface area contributed by atoms with Crippen LogP contribution in [0.5, 0.6) is 0 Å². The van der Waals surface area contributed by atoms with E-state index in [1.807, 2.05) is 25.2 Å². The first-order valence-electron chi connectivity index (χ1n) is 7.97. The van der Waals surface area contributed by atoms with E-state index in [-0.39, 0.29) is 17.9 Å². The smallest absolute Gasteiger partial charge is 0.317 e. The Bertz CT molecular complexity index is 546. The molecule has 22 heavy (non-hydrogen) atoms. The van der Waals surface area contributed by atoms with E-state index in [1.54, 1.807) is 9.80 Å². The van der Waals surface area contributed by atoms with Gasteiger partial charge >= 0.3 is 6.03 Å². The predicted octanol–water partition coefficient (Wildman–Crippen LogP) is 1.35. The number of likely N-dealkylation sites (tertiary alicyclic amines) is 2. The summed E-state index contributed by atoms with van der Waals surface area (Å²) in [4.78, 5) is 28.0. The number of urea groups is 1. The summed E-state index contributed by atoms with van der Waals surface area (Å²) >= 11 is 0. The zero-order valence-corrected chi connectivity index (χ0v) is 13.0. The van der Waals surface area contributed by atoms with E-state index in [2.05, 4.69) is 17.4 Å². The van der Waals surface area contributed by atoms with Crippen LogP contribution in [-0.2, 0) is 11.2 Å². The zero-order valence-electron chi connectivity index (χ0n) is 13.0. The molecule has 5 nitrogen and oxygen atoms in total. The number of carbonyl (C=O) groups is 2. The van der Waals surface area contributed by atoms with Gasteiger partial charge in [0, 0.05) is 33.2 Å². The van der Waals surface area contributed by atoms with Crippen molar-refractivity contribution in [3.05, 3.63) is 35.9 Å². The van der Waals surface area contributed by atoms with Crippen LogP contribution in [0.15, 0.2) is 30.3 Å². The molecule has 0 saturated carbocycles. The first kappa shape index (κ1) is 14.9. The Morgan fingerprint density at radius 3 is 2.82 bits per heavy atom. The summed E-state index contributed by atoms with van der Waals surface area (Å²) in [6.45, 7) is 2.71. The van der Waals surface area contributed by atoms with Gasteiger partial charge in [-0.2, -0.15) is 0 Å². The Morgan fingerprint density at radius 1 is 1.27 bits per heavy atom. The number of rotatable bonds is 3. The summed E-state index contributed by atoms with van der Waals surface area (Å²) in [5.74, 6) is 0.526. The van der Waals surface area contributed by atoms with Crippen LogP contribution in [0, 0.1) is 11.8 Å². The van der Waals surface area contributed by atoms with Gasteiger partial charge in [0.25, 0.3) is 0 Å². The lowest BCUT2D eigenvalue weighted by Gasteiger charge is -2.30. The summed E-state index contributed by atoms with van der Waals surface area (Å²) in [5.41, 5.74) is 1.22. The van der Waals surface area contributed by atoms with Crippen LogP contribution in [0.2, 0.25) is 0 Å². The van der Waals surface area contributed by atoms with Crippen LogP contribution in [0.4, 0.5) is 4.79 Å². The third kappa shape index (κ3) is 3.08. The fourth-order valence-electron chi connectivity index (χ4n) is 3.43. The molecule has 1 aromatic rings. The molecule has 3 amide bonds. The third-order valence-electron chi connectivity index (χ3n) is 4.79. The lowest BCUT2D eigenvalue weighted by molar-refractivity contribution is -0.137. The molecule has 2 fully saturated rings. The van der Waals surface area contributed by atoms with Crippen molar-refractivity contribution in [1.82, 2.24) is 15.1 Å². The first-order chi connectivity index (χ1) is 10.6. The van der Waals surface area contributed by atoms with Crippen molar-refractivity contribution >= 4 is 11.9 Å². The quantitative estimate of drug-likeness (QED) is 0.916. The summed E-state index contributed by atoms with van der Waals surface area (Å²) in [5, 5.41) is 2.97. The molecule has 5 heteroatoms. The minimum absolute atomic E-state index is 0.00127. The Balaban J connectivity index is 1.48. The molecule has 0 spiro atoms. The highest BCUT2D eigenvalue weighted by Crippen LogP contribution is 2.31. The second kappa shape index (κ2) is 6.38. The molecule has 0 aromatic heterocycles.